The number of hydrogen-bond donors (Lipinski definition) is 0. The van der Waals surface area contributed by atoms with Crippen molar-refractivity contribution in [1.82, 2.24) is 15.1 Å². The van der Waals surface area contributed by atoms with Crippen LogP contribution in [0.1, 0.15) is 29.6 Å². The van der Waals surface area contributed by atoms with Crippen molar-refractivity contribution < 1.29 is 13.6 Å². The lowest BCUT2D eigenvalue weighted by Gasteiger charge is -2.21. The topological polar surface area (TPSA) is 59.2 Å². The quantitative estimate of drug-likeness (QED) is 0.438. The lowest BCUT2D eigenvalue weighted by molar-refractivity contribution is 0.0727. The molecule has 27 heavy (non-hydrogen) atoms. The van der Waals surface area contributed by atoms with E-state index in [0.29, 0.717) is 38.0 Å². The van der Waals surface area contributed by atoms with Crippen LogP contribution < -0.4 is 0 Å². The summed E-state index contributed by atoms with van der Waals surface area (Å²) in [6.07, 6.45) is 0.759. The summed E-state index contributed by atoms with van der Waals surface area (Å²) in [6.45, 7) is 2.65. The van der Waals surface area contributed by atoms with Gasteiger partial charge in [-0.2, -0.15) is 0 Å². The van der Waals surface area contributed by atoms with Crippen LogP contribution in [0.25, 0.3) is 11.5 Å². The van der Waals surface area contributed by atoms with Gasteiger partial charge in [-0.05, 0) is 59.3 Å². The Kier molecular flexibility index (Phi) is 6.43. The number of rotatable bonds is 6. The van der Waals surface area contributed by atoms with Gasteiger partial charge in [0.2, 0.25) is 11.8 Å². The third-order valence-corrected chi connectivity index (χ3v) is 5.06. The van der Waals surface area contributed by atoms with Gasteiger partial charge in [0, 0.05) is 10.1 Å². The fraction of sp³-hybridized carbons (Fsp3) is 0.211. The zero-order chi connectivity index (χ0) is 19.4. The highest BCUT2D eigenvalue weighted by Gasteiger charge is 2.21. The molecule has 0 atom stereocenters. The molecule has 0 aliphatic rings. The highest BCUT2D eigenvalue weighted by atomic mass is 127. The predicted molar refractivity (Wildman–Crippen MR) is 109 cm³/mol. The van der Waals surface area contributed by atoms with Crippen molar-refractivity contribution in [3.05, 3.63) is 68.3 Å². The molecule has 1 heterocycles. The van der Waals surface area contributed by atoms with Crippen molar-refractivity contribution >= 4 is 40.1 Å². The lowest BCUT2D eigenvalue weighted by Crippen LogP contribution is -2.32. The normalized spacial score (nSPS) is 10.8. The SMILES string of the molecule is CCCN(Cc1nnc(-c2ccccc2Cl)o1)C(=O)c1ccc(F)cc1I. The molecule has 0 saturated heterocycles. The van der Waals surface area contributed by atoms with Gasteiger partial charge in [-0.3, -0.25) is 4.79 Å². The van der Waals surface area contributed by atoms with Crippen LogP contribution in [0.2, 0.25) is 5.02 Å². The Bertz CT molecular complexity index is 964. The molecule has 0 aliphatic heterocycles. The number of aromatic nitrogens is 2. The number of carbonyl (C=O) groups is 1. The van der Waals surface area contributed by atoms with Crippen LogP contribution in [-0.2, 0) is 6.54 Å². The van der Waals surface area contributed by atoms with E-state index in [9.17, 15) is 9.18 Å². The Morgan fingerprint density at radius 1 is 1.26 bits per heavy atom. The second kappa shape index (κ2) is 8.79. The van der Waals surface area contributed by atoms with Crippen LogP contribution in [0.5, 0.6) is 0 Å². The van der Waals surface area contributed by atoms with Gasteiger partial charge in [0.05, 0.1) is 22.7 Å². The van der Waals surface area contributed by atoms with Crippen LogP contribution in [0.4, 0.5) is 4.39 Å². The second-order valence-electron chi connectivity index (χ2n) is 5.83. The van der Waals surface area contributed by atoms with Gasteiger partial charge in [0.15, 0.2) is 0 Å². The maximum absolute atomic E-state index is 13.3. The monoisotopic (exact) mass is 499 g/mol. The first-order valence-corrected chi connectivity index (χ1v) is 9.77. The van der Waals surface area contributed by atoms with Gasteiger partial charge < -0.3 is 9.32 Å². The van der Waals surface area contributed by atoms with Gasteiger partial charge >= 0.3 is 0 Å². The molecule has 140 valence electrons. The maximum Gasteiger partial charge on any atom is 0.255 e. The minimum absolute atomic E-state index is 0.164. The summed E-state index contributed by atoms with van der Waals surface area (Å²) in [5.41, 5.74) is 1.08. The highest BCUT2D eigenvalue weighted by molar-refractivity contribution is 14.1. The molecule has 0 radical (unpaired) electrons. The Morgan fingerprint density at radius 3 is 2.74 bits per heavy atom. The van der Waals surface area contributed by atoms with Gasteiger partial charge in [-0.15, -0.1) is 10.2 Å². The number of carbonyl (C=O) groups excluding carboxylic acids is 1. The average Bonchev–Trinajstić information content (AvgIpc) is 3.09. The zero-order valence-electron chi connectivity index (χ0n) is 14.5. The molecule has 1 aromatic heterocycles. The van der Waals surface area contributed by atoms with Crippen LogP contribution in [0.15, 0.2) is 46.9 Å². The summed E-state index contributed by atoms with van der Waals surface area (Å²) in [6, 6.07) is 11.3. The maximum atomic E-state index is 13.3. The first-order chi connectivity index (χ1) is 13.0. The van der Waals surface area contributed by atoms with Crippen molar-refractivity contribution in [3.8, 4) is 11.5 Å². The summed E-state index contributed by atoms with van der Waals surface area (Å²) < 4.78 is 19.6. The van der Waals surface area contributed by atoms with E-state index in [1.165, 1.54) is 18.2 Å². The minimum atomic E-state index is -0.376. The third kappa shape index (κ3) is 4.65. The molecule has 2 aromatic carbocycles. The van der Waals surface area contributed by atoms with E-state index in [1.54, 1.807) is 17.0 Å². The molecule has 0 unspecified atom stereocenters. The van der Waals surface area contributed by atoms with E-state index < -0.39 is 0 Å². The van der Waals surface area contributed by atoms with E-state index in [2.05, 4.69) is 10.2 Å². The molecule has 1 amide bonds. The van der Waals surface area contributed by atoms with Gasteiger partial charge in [-0.25, -0.2) is 4.39 Å². The fourth-order valence-corrected chi connectivity index (χ4v) is 3.50. The molecule has 0 aliphatic carbocycles. The molecule has 8 heteroatoms. The van der Waals surface area contributed by atoms with Crippen LogP contribution >= 0.6 is 34.2 Å². The van der Waals surface area contributed by atoms with E-state index in [1.807, 2.05) is 41.6 Å². The van der Waals surface area contributed by atoms with Crippen molar-refractivity contribution in [3.63, 3.8) is 0 Å². The molecular weight excluding hydrogens is 484 g/mol. The summed E-state index contributed by atoms with van der Waals surface area (Å²) in [5.74, 6) is 0.0257. The Morgan fingerprint density at radius 2 is 2.04 bits per heavy atom. The van der Waals surface area contributed by atoms with Crippen LogP contribution in [0, 0.1) is 9.39 Å². The van der Waals surface area contributed by atoms with E-state index in [-0.39, 0.29) is 18.3 Å². The van der Waals surface area contributed by atoms with Crippen molar-refractivity contribution in [2.75, 3.05) is 6.54 Å². The fourth-order valence-electron chi connectivity index (χ4n) is 2.58. The van der Waals surface area contributed by atoms with Crippen molar-refractivity contribution in [2.45, 2.75) is 19.9 Å². The molecule has 3 aromatic rings. The van der Waals surface area contributed by atoms with Gasteiger partial charge in [0.1, 0.15) is 5.82 Å². The van der Waals surface area contributed by atoms with Gasteiger partial charge in [0.25, 0.3) is 5.91 Å². The van der Waals surface area contributed by atoms with Crippen LogP contribution in [-0.4, -0.2) is 27.5 Å². The first-order valence-electron chi connectivity index (χ1n) is 8.31. The highest BCUT2D eigenvalue weighted by Crippen LogP contribution is 2.26. The molecule has 0 spiro atoms. The van der Waals surface area contributed by atoms with E-state index in [0.717, 1.165) is 6.42 Å². The first kappa shape index (κ1) is 19.8. The number of benzene rings is 2. The number of nitrogens with zero attached hydrogens (tertiary/aromatic N) is 3. The smallest absolute Gasteiger partial charge is 0.255 e. The van der Waals surface area contributed by atoms with E-state index >= 15 is 0 Å². The number of hydrogen-bond acceptors (Lipinski definition) is 4. The Balaban J connectivity index is 1.83. The summed E-state index contributed by atoms with van der Waals surface area (Å²) >= 11 is 8.12. The van der Waals surface area contributed by atoms with Crippen LogP contribution in [0.3, 0.4) is 0 Å². The number of halogens is 3. The van der Waals surface area contributed by atoms with E-state index in [4.69, 9.17) is 16.0 Å². The molecule has 5 nitrogen and oxygen atoms in total. The molecule has 0 fully saturated rings. The second-order valence-corrected chi connectivity index (χ2v) is 7.40. The largest absolute Gasteiger partial charge is 0.419 e. The average molecular weight is 500 g/mol. The molecule has 0 saturated carbocycles. The molecule has 0 bridgehead atoms. The molecule has 3 rings (SSSR count). The predicted octanol–water partition coefficient (Wildman–Crippen LogP) is 5.19. The summed E-state index contributed by atoms with van der Waals surface area (Å²) in [5, 5.41) is 8.58. The Labute approximate surface area is 174 Å². The third-order valence-electron chi connectivity index (χ3n) is 3.84. The van der Waals surface area contributed by atoms with Crippen molar-refractivity contribution in [2.24, 2.45) is 0 Å². The summed E-state index contributed by atoms with van der Waals surface area (Å²) in [7, 11) is 0. The number of amides is 1. The Hall–Kier alpha value is -2.00. The lowest BCUT2D eigenvalue weighted by atomic mass is 10.2. The molecular formula is C19H16ClFIN3O2. The van der Waals surface area contributed by atoms with Gasteiger partial charge in [-0.1, -0.05) is 30.7 Å². The minimum Gasteiger partial charge on any atom is -0.419 e. The zero-order valence-corrected chi connectivity index (χ0v) is 17.4. The molecule has 0 N–H and O–H groups in total. The summed E-state index contributed by atoms with van der Waals surface area (Å²) in [4.78, 5) is 14.5. The standard InChI is InChI=1S/C19H16ClFIN3O2/c1-2-9-25(19(26)14-8-7-12(21)10-16(14)22)11-17-23-24-18(27-17)13-5-3-4-6-15(13)20/h3-8,10H,2,9,11H2,1H3. The van der Waals surface area contributed by atoms with Crippen molar-refractivity contribution in [1.29, 1.82) is 0 Å².